The van der Waals surface area contributed by atoms with Gasteiger partial charge in [0.05, 0.1) is 29.5 Å². The Kier molecular flexibility index (Phi) is 7.45. The van der Waals surface area contributed by atoms with Crippen LogP contribution in [0.15, 0.2) is 71.4 Å². The fourth-order valence-corrected chi connectivity index (χ4v) is 2.30. The minimum Gasteiger partial charge on any atom is -0.376 e. The second-order valence-corrected chi connectivity index (χ2v) is 5.43. The average molecular weight is 354 g/mol. The van der Waals surface area contributed by atoms with E-state index in [4.69, 9.17) is 4.74 Å². The van der Waals surface area contributed by atoms with Gasteiger partial charge in [-0.05, 0) is 43.3 Å². The highest BCUT2D eigenvalue weighted by atomic mass is 16.6. The summed E-state index contributed by atoms with van der Waals surface area (Å²) in [4.78, 5) is 12.4. The molecule has 7 nitrogen and oxygen atoms in total. The Morgan fingerprint density at radius 1 is 1.12 bits per heavy atom. The molecule has 0 aliphatic heterocycles. The van der Waals surface area contributed by atoms with Gasteiger partial charge in [-0.2, -0.15) is 10.2 Å². The van der Waals surface area contributed by atoms with Gasteiger partial charge in [0.2, 0.25) is 0 Å². The minimum atomic E-state index is -0.443. The molecule has 0 heterocycles. The first kappa shape index (κ1) is 19.3. The number of nitro groups is 1. The molecule has 0 radical (unpaired) electrons. The number of non-ortho nitro benzene ring substituents is 1. The average Bonchev–Trinajstić information content (AvgIpc) is 2.67. The van der Waals surface area contributed by atoms with Crippen molar-refractivity contribution in [2.24, 2.45) is 10.2 Å². The van der Waals surface area contributed by atoms with Crippen LogP contribution in [0.2, 0.25) is 0 Å². The van der Waals surface area contributed by atoms with Crippen LogP contribution in [0.3, 0.4) is 0 Å². The van der Waals surface area contributed by atoms with Crippen molar-refractivity contribution in [3.05, 3.63) is 71.3 Å². The summed E-state index contributed by atoms with van der Waals surface area (Å²) in [5.74, 6) is 0. The van der Waals surface area contributed by atoms with Crippen molar-refractivity contribution in [3.63, 3.8) is 0 Å². The monoisotopic (exact) mass is 354 g/mol. The van der Waals surface area contributed by atoms with Gasteiger partial charge in [0.1, 0.15) is 0 Å². The second-order valence-electron chi connectivity index (χ2n) is 5.43. The number of azo groups is 1. The fourth-order valence-electron chi connectivity index (χ4n) is 2.30. The Balaban J connectivity index is 1.97. The van der Waals surface area contributed by atoms with E-state index in [1.54, 1.807) is 18.2 Å². The number of hydrogen-bond donors (Lipinski definition) is 0. The lowest BCUT2D eigenvalue weighted by atomic mass is 10.2. The van der Waals surface area contributed by atoms with Gasteiger partial charge in [-0.25, -0.2) is 0 Å². The summed E-state index contributed by atoms with van der Waals surface area (Å²) in [6.07, 6.45) is 1.74. The lowest BCUT2D eigenvalue weighted by molar-refractivity contribution is -0.384. The van der Waals surface area contributed by atoms with Gasteiger partial charge in [-0.1, -0.05) is 6.08 Å². The van der Waals surface area contributed by atoms with E-state index in [0.29, 0.717) is 24.6 Å². The number of hydrogen-bond acceptors (Lipinski definition) is 6. The predicted molar refractivity (Wildman–Crippen MR) is 103 cm³/mol. The SMILES string of the molecule is C=CCOCCN(CC)c1ccc(N=Nc2ccc([N+](=O)[O-])cc2)cc1. The molecule has 0 atom stereocenters. The van der Waals surface area contributed by atoms with Crippen molar-refractivity contribution in [1.29, 1.82) is 0 Å². The largest absolute Gasteiger partial charge is 0.376 e. The standard InChI is InChI=1S/C19H22N4O3/c1-3-14-26-15-13-22(4-2)18-9-5-16(6-10-18)20-21-17-7-11-19(12-8-17)23(24)25/h3,5-12H,1,4,13-15H2,2H3. The van der Waals surface area contributed by atoms with Gasteiger partial charge in [-0.15, -0.1) is 6.58 Å². The van der Waals surface area contributed by atoms with Crippen LogP contribution in [0, 0.1) is 10.1 Å². The molecule has 2 rings (SSSR count). The van der Waals surface area contributed by atoms with Gasteiger partial charge >= 0.3 is 0 Å². The second kappa shape index (κ2) is 10.0. The summed E-state index contributed by atoms with van der Waals surface area (Å²) in [6.45, 7) is 8.59. The van der Waals surface area contributed by atoms with Gasteiger partial charge < -0.3 is 9.64 Å². The zero-order valence-corrected chi connectivity index (χ0v) is 14.7. The third kappa shape index (κ3) is 5.78. The zero-order valence-electron chi connectivity index (χ0n) is 14.7. The van der Waals surface area contributed by atoms with E-state index < -0.39 is 4.92 Å². The molecule has 26 heavy (non-hydrogen) atoms. The van der Waals surface area contributed by atoms with E-state index in [1.165, 1.54) is 12.1 Å². The molecule has 0 unspecified atom stereocenters. The molecule has 0 saturated carbocycles. The molecule has 0 spiro atoms. The Bertz CT molecular complexity index is 742. The Labute approximate surface area is 152 Å². The van der Waals surface area contributed by atoms with Crippen molar-refractivity contribution < 1.29 is 9.66 Å². The first-order valence-corrected chi connectivity index (χ1v) is 8.34. The smallest absolute Gasteiger partial charge is 0.269 e. The van der Waals surface area contributed by atoms with Crippen molar-refractivity contribution in [1.82, 2.24) is 0 Å². The number of likely N-dealkylation sites (N-methyl/N-ethyl adjacent to an activating group) is 1. The van der Waals surface area contributed by atoms with Gasteiger partial charge in [-0.3, -0.25) is 10.1 Å². The van der Waals surface area contributed by atoms with Crippen LogP contribution in [-0.4, -0.2) is 31.2 Å². The van der Waals surface area contributed by atoms with Crippen LogP contribution in [-0.2, 0) is 4.74 Å². The zero-order chi connectivity index (χ0) is 18.8. The van der Waals surface area contributed by atoms with E-state index >= 15 is 0 Å². The van der Waals surface area contributed by atoms with Gasteiger partial charge in [0.25, 0.3) is 5.69 Å². The summed E-state index contributed by atoms with van der Waals surface area (Å²) in [7, 11) is 0. The van der Waals surface area contributed by atoms with E-state index in [2.05, 4.69) is 28.6 Å². The van der Waals surface area contributed by atoms with Crippen LogP contribution in [0.1, 0.15) is 6.92 Å². The van der Waals surface area contributed by atoms with Crippen LogP contribution in [0.5, 0.6) is 0 Å². The molecule has 0 aliphatic rings. The van der Waals surface area contributed by atoms with E-state index in [0.717, 1.165) is 18.8 Å². The molecule has 0 aromatic heterocycles. The summed E-state index contributed by atoms with van der Waals surface area (Å²) < 4.78 is 5.44. The predicted octanol–water partition coefficient (Wildman–Crippen LogP) is 5.04. The highest BCUT2D eigenvalue weighted by molar-refractivity contribution is 5.53. The van der Waals surface area contributed by atoms with Crippen LogP contribution in [0.4, 0.5) is 22.7 Å². The quantitative estimate of drug-likeness (QED) is 0.197. The molecular formula is C19H22N4O3. The van der Waals surface area contributed by atoms with E-state index in [-0.39, 0.29) is 5.69 Å². The highest BCUT2D eigenvalue weighted by Crippen LogP contribution is 2.23. The minimum absolute atomic E-state index is 0.0324. The molecule has 2 aromatic carbocycles. The van der Waals surface area contributed by atoms with Crippen LogP contribution < -0.4 is 4.90 Å². The van der Waals surface area contributed by atoms with E-state index in [1.807, 2.05) is 24.3 Å². The van der Waals surface area contributed by atoms with Crippen molar-refractivity contribution in [2.75, 3.05) is 31.2 Å². The van der Waals surface area contributed by atoms with Crippen LogP contribution in [0.25, 0.3) is 0 Å². The van der Waals surface area contributed by atoms with Crippen molar-refractivity contribution >= 4 is 22.7 Å². The summed E-state index contributed by atoms with van der Waals surface area (Å²) in [6, 6.07) is 13.7. The maximum atomic E-state index is 10.6. The summed E-state index contributed by atoms with van der Waals surface area (Å²) in [5, 5.41) is 18.9. The lowest BCUT2D eigenvalue weighted by Crippen LogP contribution is -2.27. The molecule has 136 valence electrons. The molecule has 0 aliphatic carbocycles. The first-order valence-electron chi connectivity index (χ1n) is 8.34. The van der Waals surface area contributed by atoms with Crippen LogP contribution >= 0.6 is 0 Å². The molecule has 0 fully saturated rings. The fraction of sp³-hybridized carbons (Fsp3) is 0.263. The molecule has 0 bridgehead atoms. The maximum Gasteiger partial charge on any atom is 0.269 e. The Hall–Kier alpha value is -3.06. The Morgan fingerprint density at radius 2 is 1.69 bits per heavy atom. The first-order chi connectivity index (χ1) is 12.6. The van der Waals surface area contributed by atoms with Crippen molar-refractivity contribution in [2.45, 2.75) is 6.92 Å². The molecule has 0 amide bonds. The number of nitrogens with zero attached hydrogens (tertiary/aromatic N) is 4. The molecule has 2 aromatic rings. The molecule has 7 heteroatoms. The summed E-state index contributed by atoms with van der Waals surface area (Å²) >= 11 is 0. The highest BCUT2D eigenvalue weighted by Gasteiger charge is 2.05. The van der Waals surface area contributed by atoms with Gasteiger partial charge in [0.15, 0.2) is 0 Å². The molecule has 0 saturated heterocycles. The number of anilines is 1. The summed E-state index contributed by atoms with van der Waals surface area (Å²) in [5.41, 5.74) is 2.40. The topological polar surface area (TPSA) is 80.3 Å². The number of rotatable bonds is 10. The molecular weight excluding hydrogens is 332 g/mol. The number of benzene rings is 2. The number of ether oxygens (including phenoxy) is 1. The van der Waals surface area contributed by atoms with Crippen molar-refractivity contribution in [3.8, 4) is 0 Å². The third-order valence-electron chi connectivity index (χ3n) is 3.68. The molecule has 0 N–H and O–H groups in total. The maximum absolute atomic E-state index is 10.6. The van der Waals surface area contributed by atoms with Gasteiger partial charge in [0, 0.05) is 30.9 Å². The Morgan fingerprint density at radius 3 is 2.19 bits per heavy atom. The lowest BCUT2D eigenvalue weighted by Gasteiger charge is -2.22. The normalized spacial score (nSPS) is 10.8. The third-order valence-corrected chi connectivity index (χ3v) is 3.68. The number of nitro benzene ring substituents is 1. The van der Waals surface area contributed by atoms with E-state index in [9.17, 15) is 10.1 Å².